The monoisotopic (exact) mass is 244 g/mol. The van der Waals surface area contributed by atoms with E-state index in [0.29, 0.717) is 6.54 Å². The second kappa shape index (κ2) is 8.06. The van der Waals surface area contributed by atoms with E-state index in [1.807, 2.05) is 32.8 Å². The number of hydrogen-bond acceptors (Lipinski definition) is 4. The minimum absolute atomic E-state index is 0.0590. The average Bonchev–Trinajstić information content (AvgIpc) is 2.23. The Bertz CT molecular complexity index is 252. The molecule has 0 saturated heterocycles. The molecule has 1 unspecified atom stereocenters. The van der Waals surface area contributed by atoms with E-state index < -0.39 is 11.9 Å². The number of methoxy groups -OCH3 is 1. The van der Waals surface area contributed by atoms with Crippen molar-refractivity contribution in [2.75, 3.05) is 34.3 Å². The van der Waals surface area contributed by atoms with Crippen molar-refractivity contribution in [3.8, 4) is 0 Å². The van der Waals surface area contributed by atoms with Gasteiger partial charge in [-0.15, -0.1) is 0 Å². The lowest BCUT2D eigenvalue weighted by Gasteiger charge is -2.18. The fourth-order valence-electron chi connectivity index (χ4n) is 1.53. The second-order valence-corrected chi connectivity index (χ2v) is 4.69. The van der Waals surface area contributed by atoms with Crippen LogP contribution in [0.5, 0.6) is 0 Å². The van der Waals surface area contributed by atoms with E-state index in [9.17, 15) is 9.59 Å². The fraction of sp³-hybridized carbons (Fsp3) is 0.833. The molecule has 0 saturated carbocycles. The predicted molar refractivity (Wildman–Crippen MR) is 66.5 cm³/mol. The highest BCUT2D eigenvalue weighted by Gasteiger charge is 2.30. The first-order valence-electron chi connectivity index (χ1n) is 5.90. The van der Waals surface area contributed by atoms with Gasteiger partial charge in [-0.1, -0.05) is 13.8 Å². The molecule has 17 heavy (non-hydrogen) atoms. The third-order valence-electron chi connectivity index (χ3n) is 2.49. The summed E-state index contributed by atoms with van der Waals surface area (Å²) in [4.78, 5) is 25.3. The third kappa shape index (κ3) is 6.26. The highest BCUT2D eigenvalue weighted by molar-refractivity contribution is 5.97. The van der Waals surface area contributed by atoms with Gasteiger partial charge in [0.15, 0.2) is 0 Å². The Labute approximate surface area is 103 Å². The molecule has 0 bridgehead atoms. The maximum absolute atomic E-state index is 11.8. The average molecular weight is 244 g/mol. The van der Waals surface area contributed by atoms with E-state index in [1.54, 1.807) is 0 Å². The number of ether oxygens (including phenoxy) is 1. The highest BCUT2D eigenvalue weighted by Crippen LogP contribution is 2.12. The lowest BCUT2D eigenvalue weighted by molar-refractivity contribution is -0.151. The molecule has 0 aliphatic carbocycles. The van der Waals surface area contributed by atoms with Gasteiger partial charge in [0.1, 0.15) is 5.92 Å². The van der Waals surface area contributed by atoms with Crippen molar-refractivity contribution in [2.24, 2.45) is 11.8 Å². The van der Waals surface area contributed by atoms with Crippen LogP contribution in [0.15, 0.2) is 0 Å². The molecule has 0 aromatic carbocycles. The minimum atomic E-state index is -0.709. The molecule has 0 heterocycles. The number of hydrogen-bond donors (Lipinski definition) is 1. The smallest absolute Gasteiger partial charge is 0.318 e. The third-order valence-corrected chi connectivity index (χ3v) is 2.49. The van der Waals surface area contributed by atoms with Crippen molar-refractivity contribution in [3.05, 3.63) is 0 Å². The summed E-state index contributed by atoms with van der Waals surface area (Å²) in [7, 11) is 5.26. The van der Waals surface area contributed by atoms with Crippen LogP contribution in [0.25, 0.3) is 0 Å². The number of nitrogens with zero attached hydrogens (tertiary/aromatic N) is 1. The summed E-state index contributed by atoms with van der Waals surface area (Å²) in [5, 5.41) is 2.77. The molecular weight excluding hydrogens is 220 g/mol. The number of esters is 1. The lowest BCUT2D eigenvalue weighted by atomic mass is 9.95. The summed E-state index contributed by atoms with van der Waals surface area (Å²) in [5.41, 5.74) is 0. The number of rotatable bonds is 7. The number of nitrogens with one attached hydrogen (secondary N) is 1. The van der Waals surface area contributed by atoms with Crippen LogP contribution in [-0.4, -0.2) is 51.1 Å². The van der Waals surface area contributed by atoms with Crippen LogP contribution in [0.2, 0.25) is 0 Å². The Hall–Kier alpha value is -1.10. The van der Waals surface area contributed by atoms with Crippen LogP contribution in [0.3, 0.4) is 0 Å². The number of carbonyl (C=O) groups excluding carboxylic acids is 2. The molecule has 0 radical (unpaired) electrons. The maximum atomic E-state index is 11.8. The molecule has 0 aliphatic heterocycles. The molecule has 0 aliphatic rings. The highest BCUT2D eigenvalue weighted by atomic mass is 16.5. The molecule has 5 heteroatoms. The predicted octanol–water partition coefficient (Wildman–Crippen LogP) is 0.500. The zero-order chi connectivity index (χ0) is 13.4. The zero-order valence-electron chi connectivity index (χ0n) is 11.4. The Morgan fingerprint density at radius 2 is 1.88 bits per heavy atom. The molecule has 0 spiro atoms. The molecule has 0 aromatic rings. The summed E-state index contributed by atoms with van der Waals surface area (Å²) in [5.74, 6) is -1.48. The van der Waals surface area contributed by atoms with Gasteiger partial charge in [-0.05, 0) is 33.0 Å². The first-order chi connectivity index (χ1) is 7.90. The van der Waals surface area contributed by atoms with E-state index in [4.69, 9.17) is 0 Å². The molecule has 1 N–H and O–H groups in total. The largest absolute Gasteiger partial charge is 0.468 e. The van der Waals surface area contributed by atoms with Crippen molar-refractivity contribution in [1.29, 1.82) is 0 Å². The standard InChI is InChI=1S/C12H24N2O3/c1-9(2)10(12(16)17-5)11(15)13-7-6-8-14(3)4/h9-10H,6-8H2,1-5H3,(H,13,15). The topological polar surface area (TPSA) is 58.6 Å². The van der Waals surface area contributed by atoms with Crippen molar-refractivity contribution >= 4 is 11.9 Å². The second-order valence-electron chi connectivity index (χ2n) is 4.69. The molecule has 0 rings (SSSR count). The van der Waals surface area contributed by atoms with Crippen LogP contribution < -0.4 is 5.32 Å². The van der Waals surface area contributed by atoms with Gasteiger partial charge in [0, 0.05) is 6.54 Å². The van der Waals surface area contributed by atoms with Gasteiger partial charge in [-0.25, -0.2) is 0 Å². The summed E-state index contributed by atoms with van der Waals surface area (Å²) >= 11 is 0. The summed E-state index contributed by atoms with van der Waals surface area (Å²) < 4.78 is 4.63. The summed E-state index contributed by atoms with van der Waals surface area (Å²) in [6.07, 6.45) is 0.866. The Morgan fingerprint density at radius 1 is 1.29 bits per heavy atom. The van der Waals surface area contributed by atoms with Gasteiger partial charge >= 0.3 is 5.97 Å². The van der Waals surface area contributed by atoms with Gasteiger partial charge < -0.3 is 15.0 Å². The first kappa shape index (κ1) is 15.9. The van der Waals surface area contributed by atoms with Crippen molar-refractivity contribution < 1.29 is 14.3 Å². The molecular formula is C12H24N2O3. The van der Waals surface area contributed by atoms with Crippen LogP contribution >= 0.6 is 0 Å². The summed E-state index contributed by atoms with van der Waals surface area (Å²) in [6, 6.07) is 0. The van der Waals surface area contributed by atoms with Gasteiger partial charge in [0.2, 0.25) is 5.91 Å². The van der Waals surface area contributed by atoms with Crippen LogP contribution in [0, 0.1) is 11.8 Å². The molecule has 5 nitrogen and oxygen atoms in total. The van der Waals surface area contributed by atoms with E-state index >= 15 is 0 Å². The zero-order valence-corrected chi connectivity index (χ0v) is 11.4. The Balaban J connectivity index is 4.12. The molecule has 1 atom stereocenters. The molecule has 100 valence electrons. The maximum Gasteiger partial charge on any atom is 0.318 e. The quantitative estimate of drug-likeness (QED) is 0.402. The van der Waals surface area contributed by atoms with Crippen molar-refractivity contribution in [1.82, 2.24) is 10.2 Å². The van der Waals surface area contributed by atoms with Crippen LogP contribution in [0.1, 0.15) is 20.3 Å². The van der Waals surface area contributed by atoms with Gasteiger partial charge in [-0.3, -0.25) is 9.59 Å². The first-order valence-corrected chi connectivity index (χ1v) is 5.90. The Morgan fingerprint density at radius 3 is 2.29 bits per heavy atom. The SMILES string of the molecule is COC(=O)C(C(=O)NCCCN(C)C)C(C)C. The lowest BCUT2D eigenvalue weighted by Crippen LogP contribution is -2.39. The number of amides is 1. The van der Waals surface area contributed by atoms with Gasteiger partial charge in [-0.2, -0.15) is 0 Å². The van der Waals surface area contributed by atoms with Crippen LogP contribution in [0.4, 0.5) is 0 Å². The molecule has 1 amide bonds. The molecule has 0 aromatic heterocycles. The molecule has 0 fully saturated rings. The normalized spacial score (nSPS) is 12.6. The summed E-state index contributed by atoms with van der Waals surface area (Å²) in [6.45, 7) is 5.16. The Kier molecular flexibility index (Phi) is 7.54. The van der Waals surface area contributed by atoms with Gasteiger partial charge in [0.25, 0.3) is 0 Å². The fourth-order valence-corrected chi connectivity index (χ4v) is 1.53. The van der Waals surface area contributed by atoms with Crippen molar-refractivity contribution in [2.45, 2.75) is 20.3 Å². The van der Waals surface area contributed by atoms with E-state index in [2.05, 4.69) is 10.1 Å². The van der Waals surface area contributed by atoms with Crippen LogP contribution in [-0.2, 0) is 14.3 Å². The minimum Gasteiger partial charge on any atom is -0.468 e. The van der Waals surface area contributed by atoms with Gasteiger partial charge in [0.05, 0.1) is 7.11 Å². The van der Waals surface area contributed by atoms with Crippen molar-refractivity contribution in [3.63, 3.8) is 0 Å². The van der Waals surface area contributed by atoms with E-state index in [1.165, 1.54) is 7.11 Å². The van der Waals surface area contributed by atoms with E-state index in [-0.39, 0.29) is 11.8 Å². The number of carbonyl (C=O) groups is 2. The van der Waals surface area contributed by atoms with E-state index in [0.717, 1.165) is 13.0 Å².